The number of hydrogen-bond acceptors (Lipinski definition) is 4. The van der Waals surface area contributed by atoms with Gasteiger partial charge in [-0.2, -0.15) is 0 Å². The van der Waals surface area contributed by atoms with Crippen molar-refractivity contribution in [1.29, 1.82) is 0 Å². The zero-order valence-corrected chi connectivity index (χ0v) is 22.2. The lowest BCUT2D eigenvalue weighted by molar-refractivity contribution is -0.136. The highest BCUT2D eigenvalue weighted by Gasteiger charge is 2.37. The molecule has 6 heteroatoms. The van der Waals surface area contributed by atoms with Gasteiger partial charge in [-0.1, -0.05) is 17.7 Å². The van der Waals surface area contributed by atoms with Crippen LogP contribution < -0.4 is 4.74 Å². The molecule has 0 bridgehead atoms. The summed E-state index contributed by atoms with van der Waals surface area (Å²) in [6, 6.07) is 8.10. The molecule has 0 saturated heterocycles. The first-order valence-corrected chi connectivity index (χ1v) is 12.6. The van der Waals surface area contributed by atoms with E-state index >= 15 is 0 Å². The van der Waals surface area contributed by atoms with E-state index in [1.54, 1.807) is 12.0 Å². The van der Waals surface area contributed by atoms with Gasteiger partial charge in [-0.25, -0.2) is 4.79 Å². The third-order valence-electron chi connectivity index (χ3n) is 7.29. The summed E-state index contributed by atoms with van der Waals surface area (Å²) in [6.45, 7) is 8.49. The number of allylic oxidation sites excluding steroid dienone is 2. The summed E-state index contributed by atoms with van der Waals surface area (Å²) in [4.78, 5) is 28.1. The van der Waals surface area contributed by atoms with Gasteiger partial charge in [-0.15, -0.1) is 0 Å². The highest BCUT2D eigenvalue weighted by Crippen LogP contribution is 2.35. The number of benzene rings is 1. The number of hydrogen-bond donors (Lipinski definition) is 0. The molecule has 36 heavy (non-hydrogen) atoms. The molecule has 1 amide bonds. The lowest BCUT2D eigenvalue weighted by Gasteiger charge is -2.20. The number of esters is 1. The maximum atomic E-state index is 13.6. The van der Waals surface area contributed by atoms with E-state index in [0.717, 1.165) is 53.2 Å². The Balaban J connectivity index is 1.73. The third kappa shape index (κ3) is 4.77. The number of aromatic nitrogens is 1. The van der Waals surface area contributed by atoms with Gasteiger partial charge in [0.1, 0.15) is 5.75 Å². The maximum Gasteiger partial charge on any atom is 0.340 e. The lowest BCUT2D eigenvalue weighted by atomic mass is 9.97. The van der Waals surface area contributed by atoms with Crippen LogP contribution >= 0.6 is 0 Å². The number of carbonyl (C=O) groups is 2. The van der Waals surface area contributed by atoms with E-state index in [9.17, 15) is 9.59 Å². The molecule has 190 valence electrons. The first-order valence-electron chi connectivity index (χ1n) is 12.6. The largest absolute Gasteiger partial charge is 0.495 e. The Bertz CT molecular complexity index is 1290. The number of rotatable bonds is 7. The fraction of sp³-hybridized carbons (Fsp3) is 0.400. The van der Waals surface area contributed by atoms with Crippen molar-refractivity contribution in [2.45, 2.75) is 59.8 Å². The van der Waals surface area contributed by atoms with Gasteiger partial charge in [0.25, 0.3) is 5.91 Å². The molecule has 1 aromatic carbocycles. The van der Waals surface area contributed by atoms with Crippen LogP contribution in [0.1, 0.15) is 61.5 Å². The van der Waals surface area contributed by atoms with Crippen LogP contribution in [0.25, 0.3) is 11.8 Å². The summed E-state index contributed by atoms with van der Waals surface area (Å²) in [7, 11) is 3.02. The minimum absolute atomic E-state index is 0.151. The van der Waals surface area contributed by atoms with E-state index in [0.29, 0.717) is 23.4 Å². The average molecular weight is 489 g/mol. The number of carbonyl (C=O) groups excluding carboxylic acids is 2. The molecule has 0 saturated carbocycles. The molecule has 0 spiro atoms. The maximum absolute atomic E-state index is 13.6. The van der Waals surface area contributed by atoms with Crippen molar-refractivity contribution in [3.05, 3.63) is 75.3 Å². The fourth-order valence-corrected chi connectivity index (χ4v) is 5.32. The molecule has 0 radical (unpaired) electrons. The van der Waals surface area contributed by atoms with Gasteiger partial charge in [0.2, 0.25) is 0 Å². The Hall–Kier alpha value is -3.54. The Labute approximate surface area is 213 Å². The van der Waals surface area contributed by atoms with E-state index in [4.69, 9.17) is 9.47 Å². The predicted molar refractivity (Wildman–Crippen MR) is 142 cm³/mol. The quantitative estimate of drug-likeness (QED) is 0.274. The minimum Gasteiger partial charge on any atom is -0.495 e. The van der Waals surface area contributed by atoms with Crippen LogP contribution in [0.2, 0.25) is 0 Å². The summed E-state index contributed by atoms with van der Waals surface area (Å²) in [5.41, 5.74) is 7.70. The second-order valence-corrected chi connectivity index (χ2v) is 9.66. The summed E-state index contributed by atoms with van der Waals surface area (Å²) in [5, 5.41) is 0. The second-order valence-electron chi connectivity index (χ2n) is 9.66. The smallest absolute Gasteiger partial charge is 0.340 e. The third-order valence-corrected chi connectivity index (χ3v) is 7.29. The van der Waals surface area contributed by atoms with Crippen molar-refractivity contribution in [3.8, 4) is 11.4 Å². The predicted octanol–water partition coefficient (Wildman–Crippen LogP) is 5.97. The second kappa shape index (κ2) is 10.6. The summed E-state index contributed by atoms with van der Waals surface area (Å²) in [5.74, 6) is 0.135. The van der Waals surface area contributed by atoms with Crippen molar-refractivity contribution in [1.82, 2.24) is 9.47 Å². The Morgan fingerprint density at radius 3 is 2.53 bits per heavy atom. The van der Waals surface area contributed by atoms with Crippen LogP contribution in [0.15, 0.2) is 52.8 Å². The number of nitrogens with zero attached hydrogens (tertiary/aromatic N) is 2. The zero-order valence-electron chi connectivity index (χ0n) is 22.2. The average Bonchev–Trinajstić information content (AvgIpc) is 3.28. The normalized spacial score (nSPS) is 17.2. The molecular weight excluding hydrogens is 452 g/mol. The first kappa shape index (κ1) is 25.5. The Kier molecular flexibility index (Phi) is 7.53. The van der Waals surface area contributed by atoms with Crippen molar-refractivity contribution < 1.29 is 19.1 Å². The monoisotopic (exact) mass is 488 g/mol. The van der Waals surface area contributed by atoms with E-state index in [2.05, 4.69) is 16.7 Å². The molecule has 1 aliphatic heterocycles. The molecule has 2 aliphatic rings. The van der Waals surface area contributed by atoms with Crippen LogP contribution in [-0.2, 0) is 14.3 Å². The van der Waals surface area contributed by atoms with Gasteiger partial charge in [0.05, 0.1) is 31.1 Å². The van der Waals surface area contributed by atoms with Gasteiger partial charge in [0.15, 0.2) is 0 Å². The molecule has 2 aromatic rings. The summed E-state index contributed by atoms with van der Waals surface area (Å²) < 4.78 is 12.8. The highest BCUT2D eigenvalue weighted by atomic mass is 16.5. The first-order chi connectivity index (χ1) is 17.3. The van der Waals surface area contributed by atoms with Crippen LogP contribution in [0.3, 0.4) is 0 Å². The van der Waals surface area contributed by atoms with Crippen molar-refractivity contribution in [3.63, 3.8) is 0 Å². The van der Waals surface area contributed by atoms with Crippen LogP contribution in [0.5, 0.6) is 5.75 Å². The van der Waals surface area contributed by atoms with Gasteiger partial charge in [-0.05, 0) is 95.2 Å². The standard InChI is InChI=1S/C30H36N2O4/c1-19-12-13-27(35-5)26(16-19)32-20(2)17-24(21(32)3)18-25-28(30(34)36-6)22(4)31(29(25)33)15-14-23-10-8-7-9-11-23/h10,12-13,16-18H,7-9,11,14-15H2,1-6H3/b25-18-. The van der Waals surface area contributed by atoms with Crippen LogP contribution in [0, 0.1) is 20.8 Å². The molecule has 1 aliphatic carbocycles. The van der Waals surface area contributed by atoms with E-state index in [-0.39, 0.29) is 5.91 Å². The van der Waals surface area contributed by atoms with E-state index < -0.39 is 5.97 Å². The number of ether oxygens (including phenoxy) is 2. The molecular formula is C30H36N2O4. The van der Waals surface area contributed by atoms with Gasteiger partial charge in [-0.3, -0.25) is 4.79 Å². The van der Waals surface area contributed by atoms with E-state index in [1.807, 2.05) is 52.0 Å². The summed E-state index contributed by atoms with van der Waals surface area (Å²) in [6.07, 6.45) is 9.59. The zero-order chi connectivity index (χ0) is 26.0. The van der Waals surface area contributed by atoms with Crippen LogP contribution in [0.4, 0.5) is 0 Å². The number of aryl methyl sites for hydroxylation is 2. The molecule has 1 aromatic heterocycles. The molecule has 0 atom stereocenters. The SMILES string of the molecule is COC(=O)C1=C(C)N(CCC2=CCCCC2)C(=O)/C1=C\c1cc(C)n(-c2cc(C)ccc2OC)c1C. The molecule has 4 rings (SSSR count). The lowest BCUT2D eigenvalue weighted by Crippen LogP contribution is -2.26. The summed E-state index contributed by atoms with van der Waals surface area (Å²) >= 11 is 0. The molecule has 2 heterocycles. The number of amides is 1. The van der Waals surface area contributed by atoms with Crippen molar-refractivity contribution in [2.24, 2.45) is 0 Å². The fourth-order valence-electron chi connectivity index (χ4n) is 5.32. The Morgan fingerprint density at radius 2 is 1.86 bits per heavy atom. The van der Waals surface area contributed by atoms with Gasteiger partial charge < -0.3 is 18.9 Å². The molecule has 6 nitrogen and oxygen atoms in total. The van der Waals surface area contributed by atoms with E-state index in [1.165, 1.54) is 25.5 Å². The topological polar surface area (TPSA) is 60.8 Å². The van der Waals surface area contributed by atoms with Crippen molar-refractivity contribution in [2.75, 3.05) is 20.8 Å². The number of methoxy groups -OCH3 is 2. The Morgan fingerprint density at radius 1 is 1.08 bits per heavy atom. The van der Waals surface area contributed by atoms with Gasteiger partial charge >= 0.3 is 5.97 Å². The van der Waals surface area contributed by atoms with Gasteiger partial charge in [0, 0.05) is 23.6 Å². The van der Waals surface area contributed by atoms with Crippen LogP contribution in [-0.4, -0.2) is 42.1 Å². The molecule has 0 unspecified atom stereocenters. The minimum atomic E-state index is -0.486. The van der Waals surface area contributed by atoms with Crippen molar-refractivity contribution >= 4 is 18.0 Å². The highest BCUT2D eigenvalue weighted by molar-refractivity contribution is 6.16. The molecule has 0 N–H and O–H groups in total. The molecule has 0 fully saturated rings.